The molecule has 100 valence electrons. The van der Waals surface area contributed by atoms with Crippen LogP contribution < -0.4 is 10.1 Å². The fourth-order valence-corrected chi connectivity index (χ4v) is 2.30. The monoisotopic (exact) mass is 249 g/mol. The molecule has 0 atom stereocenters. The predicted molar refractivity (Wildman–Crippen MR) is 72.9 cm³/mol. The van der Waals surface area contributed by atoms with Gasteiger partial charge in [-0.05, 0) is 19.3 Å². The van der Waals surface area contributed by atoms with Crippen LogP contribution in [0.2, 0.25) is 0 Å². The van der Waals surface area contributed by atoms with Crippen LogP contribution in [0.5, 0.6) is 5.88 Å². The maximum absolute atomic E-state index is 5.52. The van der Waals surface area contributed by atoms with E-state index in [1.54, 1.807) is 6.20 Å². The molecule has 0 aromatic carbocycles. The molecule has 0 unspecified atom stereocenters. The Hall–Kier alpha value is -1.32. The number of rotatable bonds is 5. The summed E-state index contributed by atoms with van der Waals surface area (Å²) in [7, 11) is 0. The van der Waals surface area contributed by atoms with Crippen molar-refractivity contribution in [3.63, 3.8) is 0 Å². The van der Waals surface area contributed by atoms with Gasteiger partial charge in [0.15, 0.2) is 0 Å². The SMILES string of the molecule is CCCOc1ccnc(NC2CCCCCC2)n1. The van der Waals surface area contributed by atoms with Gasteiger partial charge >= 0.3 is 0 Å². The van der Waals surface area contributed by atoms with Gasteiger partial charge in [0.1, 0.15) is 0 Å². The largest absolute Gasteiger partial charge is 0.478 e. The van der Waals surface area contributed by atoms with E-state index >= 15 is 0 Å². The average Bonchev–Trinajstić information content (AvgIpc) is 2.65. The summed E-state index contributed by atoms with van der Waals surface area (Å²) < 4.78 is 5.52. The molecule has 1 aliphatic carbocycles. The van der Waals surface area contributed by atoms with Gasteiger partial charge in [-0.2, -0.15) is 4.98 Å². The molecular weight excluding hydrogens is 226 g/mol. The van der Waals surface area contributed by atoms with Crippen LogP contribution in [-0.2, 0) is 0 Å². The van der Waals surface area contributed by atoms with E-state index in [4.69, 9.17) is 4.74 Å². The fraction of sp³-hybridized carbons (Fsp3) is 0.714. The lowest BCUT2D eigenvalue weighted by Crippen LogP contribution is -2.20. The number of ether oxygens (including phenoxy) is 1. The summed E-state index contributed by atoms with van der Waals surface area (Å²) in [5.41, 5.74) is 0. The summed E-state index contributed by atoms with van der Waals surface area (Å²) in [5, 5.41) is 3.44. The molecule has 1 fully saturated rings. The van der Waals surface area contributed by atoms with E-state index in [1.807, 2.05) is 6.07 Å². The second kappa shape index (κ2) is 7.19. The maximum atomic E-state index is 5.52. The zero-order valence-corrected chi connectivity index (χ0v) is 11.2. The standard InChI is InChI=1S/C14H23N3O/c1-2-11-18-13-9-10-15-14(17-13)16-12-7-5-3-4-6-8-12/h9-10,12H,2-8,11H2,1H3,(H,15,16,17). The molecule has 1 heterocycles. The third-order valence-corrected chi connectivity index (χ3v) is 3.27. The van der Waals surface area contributed by atoms with Gasteiger partial charge in [-0.15, -0.1) is 0 Å². The first-order valence-corrected chi connectivity index (χ1v) is 7.11. The third-order valence-electron chi connectivity index (χ3n) is 3.27. The lowest BCUT2D eigenvalue weighted by Gasteiger charge is -2.16. The number of nitrogens with one attached hydrogen (secondary N) is 1. The zero-order chi connectivity index (χ0) is 12.6. The van der Waals surface area contributed by atoms with E-state index in [1.165, 1.54) is 38.5 Å². The number of nitrogens with zero attached hydrogens (tertiary/aromatic N) is 2. The molecule has 1 aromatic heterocycles. The highest BCUT2D eigenvalue weighted by Gasteiger charge is 2.13. The molecule has 1 saturated carbocycles. The Balaban J connectivity index is 1.91. The minimum absolute atomic E-state index is 0.522. The molecule has 0 amide bonds. The van der Waals surface area contributed by atoms with Gasteiger partial charge in [0.05, 0.1) is 6.61 Å². The molecular formula is C14H23N3O. The van der Waals surface area contributed by atoms with Gasteiger partial charge < -0.3 is 10.1 Å². The lowest BCUT2D eigenvalue weighted by atomic mass is 10.1. The molecule has 2 rings (SSSR count). The summed E-state index contributed by atoms with van der Waals surface area (Å²) >= 11 is 0. The first-order valence-electron chi connectivity index (χ1n) is 7.11. The normalized spacial score (nSPS) is 17.2. The molecule has 0 spiro atoms. The Labute approximate surface area is 109 Å². The molecule has 1 aliphatic rings. The minimum atomic E-state index is 0.522. The van der Waals surface area contributed by atoms with Gasteiger partial charge in [-0.25, -0.2) is 4.98 Å². The van der Waals surface area contributed by atoms with Gasteiger partial charge in [-0.1, -0.05) is 32.6 Å². The smallest absolute Gasteiger partial charge is 0.226 e. The zero-order valence-electron chi connectivity index (χ0n) is 11.2. The number of hydrogen-bond acceptors (Lipinski definition) is 4. The van der Waals surface area contributed by atoms with E-state index in [-0.39, 0.29) is 0 Å². The van der Waals surface area contributed by atoms with Gasteiger partial charge in [0.25, 0.3) is 0 Å². The third kappa shape index (κ3) is 4.17. The van der Waals surface area contributed by atoms with Gasteiger partial charge in [-0.3, -0.25) is 0 Å². The second-order valence-corrected chi connectivity index (χ2v) is 4.90. The topological polar surface area (TPSA) is 47.0 Å². The second-order valence-electron chi connectivity index (χ2n) is 4.90. The van der Waals surface area contributed by atoms with Crippen molar-refractivity contribution in [3.05, 3.63) is 12.3 Å². The highest BCUT2D eigenvalue weighted by molar-refractivity contribution is 5.28. The summed E-state index contributed by atoms with van der Waals surface area (Å²) in [4.78, 5) is 8.66. The van der Waals surface area contributed by atoms with E-state index in [2.05, 4.69) is 22.2 Å². The van der Waals surface area contributed by atoms with Crippen LogP contribution in [0.15, 0.2) is 12.3 Å². The minimum Gasteiger partial charge on any atom is -0.478 e. The van der Waals surface area contributed by atoms with Crippen molar-refractivity contribution in [1.82, 2.24) is 9.97 Å². The fourth-order valence-electron chi connectivity index (χ4n) is 2.30. The highest BCUT2D eigenvalue weighted by Crippen LogP contribution is 2.20. The maximum Gasteiger partial charge on any atom is 0.226 e. The molecule has 18 heavy (non-hydrogen) atoms. The lowest BCUT2D eigenvalue weighted by molar-refractivity contribution is 0.305. The van der Waals surface area contributed by atoms with Crippen molar-refractivity contribution >= 4 is 5.95 Å². The predicted octanol–water partition coefficient (Wildman–Crippen LogP) is 3.40. The first-order chi connectivity index (χ1) is 8.88. The summed E-state index contributed by atoms with van der Waals surface area (Å²) in [6.07, 6.45) is 10.5. The molecule has 4 heteroatoms. The Kier molecular flexibility index (Phi) is 5.24. The van der Waals surface area contributed by atoms with Crippen LogP contribution in [0.3, 0.4) is 0 Å². The molecule has 0 bridgehead atoms. The van der Waals surface area contributed by atoms with Crippen LogP contribution in [0.4, 0.5) is 5.95 Å². The van der Waals surface area contributed by atoms with Crippen molar-refractivity contribution in [2.45, 2.75) is 57.9 Å². The van der Waals surface area contributed by atoms with E-state index < -0.39 is 0 Å². The van der Waals surface area contributed by atoms with Crippen molar-refractivity contribution < 1.29 is 4.74 Å². The number of anilines is 1. The van der Waals surface area contributed by atoms with E-state index in [9.17, 15) is 0 Å². The number of aromatic nitrogens is 2. The Morgan fingerprint density at radius 2 is 2.06 bits per heavy atom. The van der Waals surface area contributed by atoms with Crippen LogP contribution in [-0.4, -0.2) is 22.6 Å². The van der Waals surface area contributed by atoms with Crippen molar-refractivity contribution in [3.8, 4) is 5.88 Å². The van der Waals surface area contributed by atoms with E-state index in [0.717, 1.165) is 6.42 Å². The van der Waals surface area contributed by atoms with Gasteiger partial charge in [0.2, 0.25) is 11.8 Å². The van der Waals surface area contributed by atoms with Crippen molar-refractivity contribution in [1.29, 1.82) is 0 Å². The van der Waals surface area contributed by atoms with E-state index in [0.29, 0.717) is 24.5 Å². The Morgan fingerprint density at radius 1 is 1.28 bits per heavy atom. The van der Waals surface area contributed by atoms with Crippen molar-refractivity contribution in [2.75, 3.05) is 11.9 Å². The molecule has 1 N–H and O–H groups in total. The summed E-state index contributed by atoms with van der Waals surface area (Å²) in [6, 6.07) is 2.34. The average molecular weight is 249 g/mol. The Bertz CT molecular complexity index is 349. The van der Waals surface area contributed by atoms with Crippen LogP contribution in [0, 0.1) is 0 Å². The van der Waals surface area contributed by atoms with Crippen LogP contribution >= 0.6 is 0 Å². The molecule has 1 aromatic rings. The van der Waals surface area contributed by atoms with Crippen LogP contribution in [0.25, 0.3) is 0 Å². The highest BCUT2D eigenvalue weighted by atomic mass is 16.5. The number of hydrogen-bond donors (Lipinski definition) is 1. The molecule has 0 aliphatic heterocycles. The molecule has 0 radical (unpaired) electrons. The molecule has 0 saturated heterocycles. The Morgan fingerprint density at radius 3 is 2.78 bits per heavy atom. The first kappa shape index (κ1) is 13.1. The van der Waals surface area contributed by atoms with Crippen molar-refractivity contribution in [2.24, 2.45) is 0 Å². The quantitative estimate of drug-likeness (QED) is 0.812. The molecule has 4 nitrogen and oxygen atoms in total. The summed E-state index contributed by atoms with van der Waals surface area (Å²) in [5.74, 6) is 1.37. The van der Waals surface area contributed by atoms with Gasteiger partial charge in [0, 0.05) is 18.3 Å². The van der Waals surface area contributed by atoms with Crippen LogP contribution in [0.1, 0.15) is 51.9 Å². The summed E-state index contributed by atoms with van der Waals surface area (Å²) in [6.45, 7) is 2.80.